The Kier molecular flexibility index (Phi) is 6.77. The first-order chi connectivity index (χ1) is 16.4. The third-order valence-electron chi connectivity index (χ3n) is 6.05. The minimum atomic E-state index is -0.771. The molecule has 4 rings (SSSR count). The van der Waals surface area contributed by atoms with Gasteiger partial charge < -0.3 is 10.1 Å². The van der Waals surface area contributed by atoms with E-state index in [1.54, 1.807) is 17.9 Å². The van der Waals surface area contributed by atoms with Gasteiger partial charge in [-0.2, -0.15) is 0 Å². The molecule has 3 aromatic carbocycles. The van der Waals surface area contributed by atoms with E-state index in [1.165, 1.54) is 5.56 Å². The summed E-state index contributed by atoms with van der Waals surface area (Å²) in [7, 11) is 1.61. The van der Waals surface area contributed by atoms with Crippen LogP contribution in [0.25, 0.3) is 0 Å². The van der Waals surface area contributed by atoms with Crippen LogP contribution in [0.2, 0.25) is 0 Å². The summed E-state index contributed by atoms with van der Waals surface area (Å²) < 4.78 is 7.07. The zero-order chi connectivity index (χ0) is 24.2. The first-order valence-electron chi connectivity index (χ1n) is 11.4. The number of aryl methyl sites for hydroxylation is 1. The summed E-state index contributed by atoms with van der Waals surface area (Å²) in [6.07, 6.45) is 1.90. The Bertz CT molecular complexity index is 1210. The van der Waals surface area contributed by atoms with Crippen molar-refractivity contribution in [2.45, 2.75) is 38.8 Å². The number of nitrogens with zero attached hydrogens (tertiary/aromatic N) is 1. The number of rotatable bonds is 6. The molecule has 1 fully saturated rings. The second-order valence-corrected chi connectivity index (χ2v) is 8.87. The van der Waals surface area contributed by atoms with Crippen molar-refractivity contribution in [3.05, 3.63) is 101 Å². The number of hydrazine groups is 1. The maximum atomic E-state index is 13.0. The number of hydrogen-bond acceptors (Lipinski definition) is 3. The van der Waals surface area contributed by atoms with Crippen LogP contribution >= 0.6 is 0 Å². The summed E-state index contributed by atoms with van der Waals surface area (Å²) in [6, 6.07) is 21.9. The molecule has 174 valence electrons. The van der Waals surface area contributed by atoms with Gasteiger partial charge in [-0.05, 0) is 66.9 Å². The lowest BCUT2D eigenvalue weighted by Gasteiger charge is -2.15. The Morgan fingerprint density at radius 1 is 1.06 bits per heavy atom. The second kappa shape index (κ2) is 9.91. The van der Waals surface area contributed by atoms with E-state index in [4.69, 9.17) is 4.74 Å². The summed E-state index contributed by atoms with van der Waals surface area (Å²) in [5.74, 6) is 0.609. The van der Waals surface area contributed by atoms with Gasteiger partial charge in [-0.1, -0.05) is 43.7 Å². The van der Waals surface area contributed by atoms with Crippen molar-refractivity contribution in [2.24, 2.45) is 0 Å². The molecule has 6 nitrogen and oxygen atoms in total. The molecule has 2 amide bonds. The van der Waals surface area contributed by atoms with Crippen LogP contribution in [0, 0.1) is 6.92 Å². The van der Waals surface area contributed by atoms with E-state index >= 15 is 0 Å². The number of nitrogens with one attached hydrogen (secondary N) is 2. The molecule has 0 spiro atoms. The van der Waals surface area contributed by atoms with Crippen LogP contribution in [-0.4, -0.2) is 35.9 Å². The molecule has 34 heavy (non-hydrogen) atoms. The first-order valence-corrected chi connectivity index (χ1v) is 11.4. The highest BCUT2D eigenvalue weighted by atomic mass is 16.5. The monoisotopic (exact) mass is 456 g/mol. The lowest BCUT2D eigenvalue weighted by molar-refractivity contribution is -0.596. The van der Waals surface area contributed by atoms with Gasteiger partial charge in [0.1, 0.15) is 5.75 Å². The average molecular weight is 457 g/mol. The molecule has 6 heteroatoms. The van der Waals surface area contributed by atoms with E-state index in [0.29, 0.717) is 11.5 Å². The third-order valence-corrected chi connectivity index (χ3v) is 6.05. The second-order valence-electron chi connectivity index (χ2n) is 8.87. The third kappa shape index (κ3) is 5.01. The van der Waals surface area contributed by atoms with Gasteiger partial charge >= 0.3 is 5.91 Å². The van der Waals surface area contributed by atoms with Crippen LogP contribution in [0.1, 0.15) is 58.4 Å². The van der Waals surface area contributed by atoms with E-state index in [0.717, 1.165) is 22.4 Å². The minimum Gasteiger partial charge on any atom is -0.497 e. The number of methoxy groups -OCH3 is 1. The molecular formula is C28H30N3O3+. The Hall–Kier alpha value is -3.93. The fourth-order valence-corrected chi connectivity index (χ4v) is 4.12. The standard InChI is InChI=1S/C28H29N3O3/c1-18(2)21-10-8-20(9-11-21)17-31-26(22-12-14-24(34-4)15-13-22)25(28(33)30-31)29-27(32)23-7-5-6-19(3)16-23/h5-18,25-26H,1-4H3,(H-,29,30,32,33)/p+1/b31-17-/t25-,26-/m1/s1. The highest BCUT2D eigenvalue weighted by Crippen LogP contribution is 2.27. The Labute approximate surface area is 200 Å². The summed E-state index contributed by atoms with van der Waals surface area (Å²) in [5, 5.41) is 2.95. The highest BCUT2D eigenvalue weighted by Gasteiger charge is 2.47. The van der Waals surface area contributed by atoms with Gasteiger partial charge in [-0.15, -0.1) is 10.1 Å². The summed E-state index contributed by atoms with van der Waals surface area (Å²) in [6.45, 7) is 6.24. The molecule has 0 saturated carbocycles. The van der Waals surface area contributed by atoms with Crippen molar-refractivity contribution >= 4 is 18.0 Å². The van der Waals surface area contributed by atoms with Crippen molar-refractivity contribution in [2.75, 3.05) is 7.11 Å². The molecule has 1 heterocycles. The maximum Gasteiger partial charge on any atom is 0.304 e. The molecule has 1 saturated heterocycles. The summed E-state index contributed by atoms with van der Waals surface area (Å²) in [5.41, 5.74) is 7.51. The number of carbonyl (C=O) groups is 2. The lowest BCUT2D eigenvalue weighted by atomic mass is 9.99. The van der Waals surface area contributed by atoms with Gasteiger partial charge in [0, 0.05) is 16.7 Å². The molecule has 0 radical (unpaired) electrons. The molecule has 1 aliphatic heterocycles. The molecule has 2 N–H and O–H groups in total. The fraction of sp³-hybridized carbons (Fsp3) is 0.250. The van der Waals surface area contributed by atoms with E-state index in [1.807, 2.05) is 67.7 Å². The normalized spacial score (nSPS) is 18.7. The molecular weight excluding hydrogens is 426 g/mol. The number of amides is 2. The van der Waals surface area contributed by atoms with Crippen molar-refractivity contribution in [3.63, 3.8) is 0 Å². The topological polar surface area (TPSA) is 70.4 Å². The zero-order valence-corrected chi connectivity index (χ0v) is 19.9. The molecule has 0 aromatic heterocycles. The zero-order valence-electron chi connectivity index (χ0n) is 19.9. The molecule has 2 atom stereocenters. The summed E-state index contributed by atoms with van der Waals surface area (Å²) in [4.78, 5) is 26.0. The quantitative estimate of drug-likeness (QED) is 0.548. The molecule has 0 aliphatic carbocycles. The number of benzene rings is 3. The maximum absolute atomic E-state index is 13.0. The van der Waals surface area contributed by atoms with Crippen molar-refractivity contribution < 1.29 is 19.0 Å². The van der Waals surface area contributed by atoms with Gasteiger partial charge in [-0.25, -0.2) is 0 Å². The Balaban J connectivity index is 1.69. The van der Waals surface area contributed by atoms with Crippen LogP contribution in [0.15, 0.2) is 72.8 Å². The van der Waals surface area contributed by atoms with Crippen molar-refractivity contribution in [1.29, 1.82) is 0 Å². The van der Waals surface area contributed by atoms with Crippen molar-refractivity contribution in [3.8, 4) is 5.75 Å². The molecule has 0 unspecified atom stereocenters. The molecule has 1 aliphatic rings. The van der Waals surface area contributed by atoms with Gasteiger partial charge in [0.25, 0.3) is 5.91 Å². The van der Waals surface area contributed by atoms with Crippen LogP contribution in [0.5, 0.6) is 5.75 Å². The number of hydrazone groups is 1. The average Bonchev–Trinajstić information content (AvgIpc) is 3.13. The van der Waals surface area contributed by atoms with E-state index < -0.39 is 12.1 Å². The van der Waals surface area contributed by atoms with Crippen LogP contribution in [-0.2, 0) is 4.79 Å². The fourth-order valence-electron chi connectivity index (χ4n) is 4.12. The number of ether oxygens (including phenoxy) is 1. The highest BCUT2D eigenvalue weighted by molar-refractivity contribution is 5.98. The Morgan fingerprint density at radius 3 is 2.38 bits per heavy atom. The van der Waals surface area contributed by atoms with Crippen LogP contribution in [0.3, 0.4) is 0 Å². The number of hydrogen-bond donors (Lipinski definition) is 2. The van der Waals surface area contributed by atoms with Gasteiger partial charge in [-0.3, -0.25) is 9.59 Å². The van der Waals surface area contributed by atoms with Gasteiger partial charge in [0.15, 0.2) is 6.04 Å². The van der Waals surface area contributed by atoms with Crippen LogP contribution < -0.4 is 15.5 Å². The van der Waals surface area contributed by atoms with Gasteiger partial charge in [0.2, 0.25) is 12.3 Å². The molecule has 0 bridgehead atoms. The smallest absolute Gasteiger partial charge is 0.304 e. The largest absolute Gasteiger partial charge is 0.497 e. The predicted octanol–water partition coefficient (Wildman–Crippen LogP) is 4.14. The lowest BCUT2D eigenvalue weighted by Crippen LogP contribution is -2.42. The summed E-state index contributed by atoms with van der Waals surface area (Å²) >= 11 is 0. The molecule has 3 aromatic rings. The van der Waals surface area contributed by atoms with E-state index in [-0.39, 0.29) is 11.8 Å². The SMILES string of the molecule is COc1ccc([C@@H]2[C@@H](NC(=O)c3cccc(C)c3)C(=O)N/[N+]2=C\c2ccc(C(C)C)cc2)cc1. The Morgan fingerprint density at radius 2 is 1.76 bits per heavy atom. The van der Waals surface area contributed by atoms with E-state index in [9.17, 15) is 9.59 Å². The minimum absolute atomic E-state index is 0.267. The first kappa shape index (κ1) is 23.2. The van der Waals surface area contributed by atoms with Gasteiger partial charge in [0.05, 0.1) is 7.11 Å². The van der Waals surface area contributed by atoms with Crippen LogP contribution in [0.4, 0.5) is 0 Å². The van der Waals surface area contributed by atoms with E-state index in [2.05, 4.69) is 36.7 Å². The van der Waals surface area contributed by atoms with Crippen molar-refractivity contribution in [1.82, 2.24) is 10.7 Å². The number of carbonyl (C=O) groups excluding carboxylic acids is 2. The predicted molar refractivity (Wildman–Crippen MR) is 132 cm³/mol.